The smallest absolute Gasteiger partial charge is 0.238 e. The largest absolute Gasteiger partial charge is 0.307 e. The van der Waals surface area contributed by atoms with Gasteiger partial charge in [-0.15, -0.1) is 0 Å². The van der Waals surface area contributed by atoms with Crippen molar-refractivity contribution in [3.63, 3.8) is 0 Å². The molecule has 48 heavy (non-hydrogen) atoms. The van der Waals surface area contributed by atoms with Gasteiger partial charge in [0.1, 0.15) is 0 Å². The lowest BCUT2D eigenvalue weighted by Crippen LogP contribution is -2.07. The zero-order valence-electron chi connectivity index (χ0n) is 25.4. The minimum absolute atomic E-state index is 0.461. The Balaban J connectivity index is 1.50. The van der Waals surface area contributed by atoms with Gasteiger partial charge in [0.05, 0.1) is 45.3 Å². The van der Waals surface area contributed by atoms with Gasteiger partial charge in [0, 0.05) is 38.4 Å². The number of aromatic nitrogens is 5. The van der Waals surface area contributed by atoms with Gasteiger partial charge in [-0.3, -0.25) is 4.57 Å². The minimum atomic E-state index is 0.461. The highest BCUT2D eigenvalue weighted by atomic mass is 15.2. The Morgan fingerprint density at radius 1 is 0.438 bits per heavy atom. The molecule has 0 aliphatic heterocycles. The highest BCUT2D eigenvalue weighted by Crippen LogP contribution is 2.42. The Kier molecular flexibility index (Phi) is 6.11. The second-order valence-corrected chi connectivity index (χ2v) is 11.6. The van der Waals surface area contributed by atoms with E-state index in [-0.39, 0.29) is 0 Å². The maximum atomic E-state index is 9.91. The first-order chi connectivity index (χ1) is 23.7. The molecule has 0 unspecified atom stereocenters. The van der Waals surface area contributed by atoms with Gasteiger partial charge in [0.15, 0.2) is 11.6 Å². The molecule has 3 aromatic heterocycles. The lowest BCUT2D eigenvalue weighted by molar-refractivity contribution is 0.953. The number of para-hydroxylation sites is 1. The first-order valence-corrected chi connectivity index (χ1v) is 15.5. The van der Waals surface area contributed by atoms with Crippen LogP contribution in [0.1, 0.15) is 11.1 Å². The van der Waals surface area contributed by atoms with Gasteiger partial charge in [-0.05, 0) is 48.5 Å². The SMILES string of the molecule is N#Cc1ccc2c(c1)c1ccc3c4cc(C#N)ccc4n(-c4nc(-c5ccccc5)nc(-c5ccccc5)n4)c3c1n2-c1ccccc1. The summed E-state index contributed by atoms with van der Waals surface area (Å²) in [6.45, 7) is 0. The first kappa shape index (κ1) is 27.2. The Hall–Kier alpha value is -7.09. The van der Waals surface area contributed by atoms with Crippen molar-refractivity contribution in [1.29, 1.82) is 10.5 Å². The van der Waals surface area contributed by atoms with Gasteiger partial charge < -0.3 is 4.57 Å². The molecule has 0 spiro atoms. The molecule has 0 fully saturated rings. The highest BCUT2D eigenvalue weighted by Gasteiger charge is 2.24. The van der Waals surface area contributed by atoms with Gasteiger partial charge in [0.2, 0.25) is 5.95 Å². The normalized spacial score (nSPS) is 11.3. The van der Waals surface area contributed by atoms with Crippen LogP contribution in [0.3, 0.4) is 0 Å². The van der Waals surface area contributed by atoms with Gasteiger partial charge in [-0.25, -0.2) is 4.98 Å². The molecule has 0 N–H and O–H groups in total. The van der Waals surface area contributed by atoms with Crippen LogP contribution in [0.4, 0.5) is 0 Å². The van der Waals surface area contributed by atoms with Crippen LogP contribution in [-0.4, -0.2) is 24.1 Å². The molecule has 3 heterocycles. The molecular formula is C41H23N7. The summed E-state index contributed by atoms with van der Waals surface area (Å²) in [5, 5.41) is 23.6. The fourth-order valence-corrected chi connectivity index (χ4v) is 6.69. The van der Waals surface area contributed by atoms with Crippen molar-refractivity contribution in [2.75, 3.05) is 0 Å². The molecule has 0 aliphatic carbocycles. The number of benzene rings is 6. The summed E-state index contributed by atoms with van der Waals surface area (Å²) in [6.07, 6.45) is 0. The Labute approximate surface area is 274 Å². The molecule has 0 bridgehead atoms. The van der Waals surface area contributed by atoms with Crippen molar-refractivity contribution in [3.8, 4) is 46.5 Å². The average molecular weight is 614 g/mol. The minimum Gasteiger partial charge on any atom is -0.307 e. The quantitative estimate of drug-likeness (QED) is 0.197. The van der Waals surface area contributed by atoms with Crippen LogP contribution in [0.15, 0.2) is 140 Å². The van der Waals surface area contributed by atoms with Crippen molar-refractivity contribution in [2.45, 2.75) is 0 Å². The second kappa shape index (κ2) is 10.8. The third-order valence-electron chi connectivity index (χ3n) is 8.81. The fourth-order valence-electron chi connectivity index (χ4n) is 6.69. The Morgan fingerprint density at radius 3 is 1.40 bits per heavy atom. The molecule has 7 nitrogen and oxygen atoms in total. The average Bonchev–Trinajstić information content (AvgIpc) is 3.67. The monoisotopic (exact) mass is 613 g/mol. The van der Waals surface area contributed by atoms with E-state index in [1.807, 2.05) is 115 Å². The molecule has 0 atom stereocenters. The zero-order valence-corrected chi connectivity index (χ0v) is 25.4. The molecule has 0 saturated heterocycles. The predicted molar refractivity (Wildman–Crippen MR) is 189 cm³/mol. The van der Waals surface area contributed by atoms with E-state index in [9.17, 15) is 10.5 Å². The van der Waals surface area contributed by atoms with Crippen LogP contribution in [0.5, 0.6) is 0 Å². The molecule has 0 amide bonds. The van der Waals surface area contributed by atoms with Crippen molar-refractivity contribution in [1.82, 2.24) is 24.1 Å². The van der Waals surface area contributed by atoms with Gasteiger partial charge >= 0.3 is 0 Å². The fraction of sp³-hybridized carbons (Fsp3) is 0. The number of nitriles is 2. The van der Waals surface area contributed by atoms with E-state index in [2.05, 4.69) is 45.5 Å². The number of rotatable bonds is 4. The maximum Gasteiger partial charge on any atom is 0.238 e. The summed E-state index contributed by atoms with van der Waals surface area (Å²) < 4.78 is 4.34. The molecule has 7 heteroatoms. The number of fused-ring (bicyclic) bond motifs is 7. The lowest BCUT2D eigenvalue weighted by atomic mass is 10.1. The predicted octanol–water partition coefficient (Wildman–Crippen LogP) is 9.14. The highest BCUT2D eigenvalue weighted by molar-refractivity contribution is 6.24. The molecule has 0 radical (unpaired) electrons. The van der Waals surface area contributed by atoms with Crippen LogP contribution in [-0.2, 0) is 0 Å². The van der Waals surface area contributed by atoms with Crippen molar-refractivity contribution >= 4 is 43.6 Å². The Bertz CT molecular complexity index is 2730. The Morgan fingerprint density at radius 2 is 0.896 bits per heavy atom. The summed E-state index contributed by atoms with van der Waals surface area (Å²) in [5.74, 6) is 1.57. The van der Waals surface area contributed by atoms with E-state index in [4.69, 9.17) is 15.0 Å². The van der Waals surface area contributed by atoms with E-state index >= 15 is 0 Å². The van der Waals surface area contributed by atoms with Gasteiger partial charge in [0.25, 0.3) is 0 Å². The third-order valence-corrected chi connectivity index (χ3v) is 8.81. The topological polar surface area (TPSA) is 96.1 Å². The number of nitrogens with zero attached hydrogens (tertiary/aromatic N) is 7. The molecule has 9 rings (SSSR count). The van der Waals surface area contributed by atoms with Crippen molar-refractivity contribution in [2.24, 2.45) is 0 Å². The molecule has 6 aromatic carbocycles. The van der Waals surface area contributed by atoms with E-state index in [1.165, 1.54) is 0 Å². The van der Waals surface area contributed by atoms with E-state index in [1.54, 1.807) is 0 Å². The summed E-state index contributed by atoms with van der Waals surface area (Å²) in [4.78, 5) is 15.2. The molecule has 9 aromatic rings. The van der Waals surface area contributed by atoms with Gasteiger partial charge in [-0.2, -0.15) is 20.5 Å². The van der Waals surface area contributed by atoms with Gasteiger partial charge in [-0.1, -0.05) is 91.0 Å². The molecular weight excluding hydrogens is 591 g/mol. The van der Waals surface area contributed by atoms with E-state index in [0.717, 1.165) is 60.4 Å². The van der Waals surface area contributed by atoms with Crippen LogP contribution in [0.25, 0.3) is 78.0 Å². The second-order valence-electron chi connectivity index (χ2n) is 11.6. The van der Waals surface area contributed by atoms with Crippen LogP contribution < -0.4 is 0 Å². The molecule has 0 saturated carbocycles. The van der Waals surface area contributed by atoms with E-state index in [0.29, 0.717) is 28.7 Å². The maximum absolute atomic E-state index is 9.91. The first-order valence-electron chi connectivity index (χ1n) is 15.5. The summed E-state index contributed by atoms with van der Waals surface area (Å²) in [5.41, 5.74) is 7.56. The summed E-state index contributed by atoms with van der Waals surface area (Å²) in [6, 6.07) is 50.4. The summed E-state index contributed by atoms with van der Waals surface area (Å²) in [7, 11) is 0. The standard InChI is InChI=1S/C41H23N7/c42-24-26-16-20-35-33(22-26)31-18-19-32-34-23-27(25-43)17-21-36(34)48(38(32)37(31)47(35)30-14-8-3-9-15-30)41-45-39(28-10-4-1-5-11-28)44-40(46-41)29-12-6-2-7-13-29/h1-23H. The van der Waals surface area contributed by atoms with Crippen molar-refractivity contribution in [3.05, 3.63) is 151 Å². The molecule has 222 valence electrons. The molecule has 0 aliphatic rings. The third kappa shape index (κ3) is 4.16. The van der Waals surface area contributed by atoms with E-state index < -0.39 is 0 Å². The summed E-state index contributed by atoms with van der Waals surface area (Å²) >= 11 is 0. The number of hydrogen-bond donors (Lipinski definition) is 0. The van der Waals surface area contributed by atoms with Crippen LogP contribution >= 0.6 is 0 Å². The lowest BCUT2D eigenvalue weighted by Gasteiger charge is -2.13. The zero-order chi connectivity index (χ0) is 32.2. The van der Waals surface area contributed by atoms with Crippen LogP contribution in [0, 0.1) is 22.7 Å². The van der Waals surface area contributed by atoms with Crippen LogP contribution in [0.2, 0.25) is 0 Å². The number of hydrogen-bond acceptors (Lipinski definition) is 5. The van der Waals surface area contributed by atoms with Crippen molar-refractivity contribution < 1.29 is 0 Å².